The van der Waals surface area contributed by atoms with Crippen molar-refractivity contribution < 1.29 is 4.79 Å². The lowest BCUT2D eigenvalue weighted by molar-refractivity contribution is 0.188. The second-order valence-electron chi connectivity index (χ2n) is 6.69. The Morgan fingerprint density at radius 2 is 1.57 bits per heavy atom. The molecular weight excluding hydrogens is 262 g/mol. The standard InChI is InChI=1S/C17H25N3O/c18-16(21)20-14-5-3-13(4-6-14)19-15-7-11-17(12-8-15)9-1-2-10-17/h3-6,15,19H,1-2,7-12H2,(H3,18,20,21). The fourth-order valence-corrected chi connectivity index (χ4v) is 4.03. The highest BCUT2D eigenvalue weighted by atomic mass is 16.2. The summed E-state index contributed by atoms with van der Waals surface area (Å²) in [5.74, 6) is 0. The maximum absolute atomic E-state index is 10.8. The van der Waals surface area contributed by atoms with Gasteiger partial charge >= 0.3 is 6.03 Å². The van der Waals surface area contributed by atoms with Gasteiger partial charge in [0.05, 0.1) is 0 Å². The van der Waals surface area contributed by atoms with Crippen LogP contribution in [-0.4, -0.2) is 12.1 Å². The van der Waals surface area contributed by atoms with Crippen LogP contribution in [0.2, 0.25) is 0 Å². The van der Waals surface area contributed by atoms with E-state index in [1.54, 1.807) is 0 Å². The Balaban J connectivity index is 1.52. The van der Waals surface area contributed by atoms with Crippen LogP contribution >= 0.6 is 0 Å². The number of nitrogens with two attached hydrogens (primary N) is 1. The van der Waals surface area contributed by atoms with E-state index in [9.17, 15) is 4.79 Å². The van der Waals surface area contributed by atoms with Crippen LogP contribution in [0.5, 0.6) is 0 Å². The van der Waals surface area contributed by atoms with Gasteiger partial charge in [-0.2, -0.15) is 0 Å². The Morgan fingerprint density at radius 3 is 2.14 bits per heavy atom. The number of amides is 2. The van der Waals surface area contributed by atoms with Gasteiger partial charge < -0.3 is 16.4 Å². The predicted molar refractivity (Wildman–Crippen MR) is 86.4 cm³/mol. The predicted octanol–water partition coefficient (Wildman–Crippen LogP) is 4.09. The van der Waals surface area contributed by atoms with Crippen molar-refractivity contribution in [2.75, 3.05) is 10.6 Å². The van der Waals surface area contributed by atoms with Gasteiger partial charge in [0, 0.05) is 17.4 Å². The summed E-state index contributed by atoms with van der Waals surface area (Å²) in [5.41, 5.74) is 7.65. The lowest BCUT2D eigenvalue weighted by Crippen LogP contribution is -2.31. The van der Waals surface area contributed by atoms with Gasteiger partial charge in [0.15, 0.2) is 0 Å². The van der Waals surface area contributed by atoms with Crippen molar-refractivity contribution in [1.29, 1.82) is 0 Å². The molecule has 0 atom stereocenters. The highest BCUT2D eigenvalue weighted by Gasteiger charge is 2.37. The molecule has 1 aromatic rings. The van der Waals surface area contributed by atoms with Crippen molar-refractivity contribution in [3.8, 4) is 0 Å². The van der Waals surface area contributed by atoms with Crippen LogP contribution in [0.15, 0.2) is 24.3 Å². The van der Waals surface area contributed by atoms with Crippen molar-refractivity contribution >= 4 is 17.4 Å². The van der Waals surface area contributed by atoms with Crippen LogP contribution in [0.4, 0.5) is 16.2 Å². The minimum absolute atomic E-state index is 0.523. The molecule has 2 amide bonds. The number of hydrogen-bond donors (Lipinski definition) is 3. The van der Waals surface area contributed by atoms with Crippen LogP contribution < -0.4 is 16.4 Å². The lowest BCUT2D eigenvalue weighted by Gasteiger charge is -2.37. The third-order valence-corrected chi connectivity index (χ3v) is 5.23. The molecule has 0 bridgehead atoms. The van der Waals surface area contributed by atoms with E-state index in [4.69, 9.17) is 5.73 Å². The summed E-state index contributed by atoms with van der Waals surface area (Å²) in [4.78, 5) is 10.8. The van der Waals surface area contributed by atoms with Gasteiger partial charge in [-0.15, -0.1) is 0 Å². The number of carbonyl (C=O) groups is 1. The average Bonchev–Trinajstić information content (AvgIpc) is 2.92. The summed E-state index contributed by atoms with van der Waals surface area (Å²) < 4.78 is 0. The number of nitrogens with one attached hydrogen (secondary N) is 2. The molecule has 0 aromatic heterocycles. The third kappa shape index (κ3) is 3.49. The van der Waals surface area contributed by atoms with Crippen LogP contribution in [0, 0.1) is 5.41 Å². The first kappa shape index (κ1) is 14.2. The van der Waals surface area contributed by atoms with Gasteiger partial charge in [-0.3, -0.25) is 0 Å². The summed E-state index contributed by atoms with van der Waals surface area (Å²) >= 11 is 0. The molecule has 2 aliphatic carbocycles. The van der Waals surface area contributed by atoms with Crippen LogP contribution in [-0.2, 0) is 0 Å². The molecule has 2 aliphatic rings. The summed E-state index contributed by atoms with van der Waals surface area (Å²) in [6.45, 7) is 0. The minimum Gasteiger partial charge on any atom is -0.382 e. The van der Waals surface area contributed by atoms with Crippen molar-refractivity contribution in [2.45, 2.75) is 57.4 Å². The second kappa shape index (κ2) is 5.96. The van der Waals surface area contributed by atoms with Gasteiger partial charge in [-0.05, 0) is 68.2 Å². The molecule has 0 heterocycles. The zero-order valence-electron chi connectivity index (χ0n) is 12.5. The molecule has 4 heteroatoms. The Morgan fingerprint density at radius 1 is 1.00 bits per heavy atom. The number of primary amides is 1. The first-order valence-corrected chi connectivity index (χ1v) is 8.08. The van der Waals surface area contributed by atoms with Crippen molar-refractivity contribution in [2.24, 2.45) is 11.1 Å². The lowest BCUT2D eigenvalue weighted by atomic mass is 9.71. The molecular formula is C17H25N3O. The summed E-state index contributed by atoms with van der Waals surface area (Å²) in [6, 6.07) is 7.84. The smallest absolute Gasteiger partial charge is 0.316 e. The molecule has 2 saturated carbocycles. The number of anilines is 2. The Hall–Kier alpha value is -1.71. The number of carbonyl (C=O) groups excluding carboxylic acids is 1. The van der Waals surface area contributed by atoms with E-state index >= 15 is 0 Å². The molecule has 0 aliphatic heterocycles. The molecule has 1 spiro atoms. The van der Waals surface area contributed by atoms with E-state index in [1.165, 1.54) is 51.4 Å². The monoisotopic (exact) mass is 287 g/mol. The number of urea groups is 1. The topological polar surface area (TPSA) is 67.2 Å². The van der Waals surface area contributed by atoms with E-state index in [0.29, 0.717) is 11.5 Å². The molecule has 4 nitrogen and oxygen atoms in total. The van der Waals surface area contributed by atoms with Gasteiger partial charge in [-0.1, -0.05) is 12.8 Å². The number of rotatable bonds is 3. The molecule has 0 radical (unpaired) electrons. The van der Waals surface area contributed by atoms with E-state index in [2.05, 4.69) is 10.6 Å². The normalized spacial score (nSPS) is 21.3. The van der Waals surface area contributed by atoms with E-state index in [-0.39, 0.29) is 0 Å². The summed E-state index contributed by atoms with van der Waals surface area (Å²) in [5, 5.41) is 6.20. The van der Waals surface area contributed by atoms with E-state index in [1.807, 2.05) is 24.3 Å². The molecule has 0 saturated heterocycles. The zero-order chi connectivity index (χ0) is 14.7. The number of benzene rings is 1. The fourth-order valence-electron chi connectivity index (χ4n) is 4.03. The van der Waals surface area contributed by atoms with Crippen molar-refractivity contribution in [1.82, 2.24) is 0 Å². The van der Waals surface area contributed by atoms with Crippen LogP contribution in [0.25, 0.3) is 0 Å². The van der Waals surface area contributed by atoms with Gasteiger partial charge in [-0.25, -0.2) is 4.79 Å². The molecule has 0 unspecified atom stereocenters. The highest BCUT2D eigenvalue weighted by Crippen LogP contribution is 2.49. The molecule has 3 rings (SSSR count). The zero-order valence-corrected chi connectivity index (χ0v) is 12.5. The number of hydrogen-bond acceptors (Lipinski definition) is 2. The summed E-state index contributed by atoms with van der Waals surface area (Å²) in [6.07, 6.45) is 11.1. The molecule has 1 aromatic carbocycles. The van der Waals surface area contributed by atoms with Gasteiger partial charge in [0.25, 0.3) is 0 Å². The summed E-state index contributed by atoms with van der Waals surface area (Å²) in [7, 11) is 0. The largest absolute Gasteiger partial charge is 0.382 e. The molecule has 2 fully saturated rings. The molecule has 114 valence electrons. The highest BCUT2D eigenvalue weighted by molar-refractivity contribution is 5.87. The first-order chi connectivity index (χ1) is 10.2. The van der Waals surface area contributed by atoms with Crippen LogP contribution in [0.1, 0.15) is 51.4 Å². The van der Waals surface area contributed by atoms with Gasteiger partial charge in [0.2, 0.25) is 0 Å². The molecule has 21 heavy (non-hydrogen) atoms. The third-order valence-electron chi connectivity index (χ3n) is 5.23. The van der Waals surface area contributed by atoms with Crippen molar-refractivity contribution in [3.05, 3.63) is 24.3 Å². The van der Waals surface area contributed by atoms with Crippen molar-refractivity contribution in [3.63, 3.8) is 0 Å². The Kier molecular flexibility index (Phi) is 4.04. The van der Waals surface area contributed by atoms with E-state index in [0.717, 1.165) is 11.4 Å². The fraction of sp³-hybridized carbons (Fsp3) is 0.588. The maximum atomic E-state index is 10.8. The van der Waals surface area contributed by atoms with E-state index < -0.39 is 6.03 Å². The SMILES string of the molecule is NC(=O)Nc1ccc(NC2CCC3(CCCC3)CC2)cc1. The Labute approximate surface area is 126 Å². The molecule has 4 N–H and O–H groups in total. The quantitative estimate of drug-likeness (QED) is 0.783. The first-order valence-electron chi connectivity index (χ1n) is 8.08. The second-order valence-corrected chi connectivity index (χ2v) is 6.69. The maximum Gasteiger partial charge on any atom is 0.316 e. The minimum atomic E-state index is -0.523. The Bertz CT molecular complexity index is 481. The average molecular weight is 287 g/mol. The van der Waals surface area contributed by atoms with Gasteiger partial charge in [0.1, 0.15) is 0 Å². The van der Waals surface area contributed by atoms with Crippen LogP contribution in [0.3, 0.4) is 0 Å².